The number of pyridine rings is 1. The van der Waals surface area contributed by atoms with E-state index in [-0.39, 0.29) is 24.8 Å². The van der Waals surface area contributed by atoms with Gasteiger partial charge in [0.2, 0.25) is 12.7 Å². The molecule has 2 aliphatic rings. The van der Waals surface area contributed by atoms with Crippen molar-refractivity contribution in [3.8, 4) is 17.2 Å². The van der Waals surface area contributed by atoms with E-state index < -0.39 is 0 Å². The van der Waals surface area contributed by atoms with Crippen LogP contribution in [0.15, 0.2) is 72.9 Å². The molecule has 8 nitrogen and oxygen atoms in total. The molecule has 9 heteroatoms. The quantitative estimate of drug-likeness (QED) is 0.261. The number of benzene rings is 2. The molecule has 6 rings (SSSR count). The van der Waals surface area contributed by atoms with Crippen molar-refractivity contribution in [1.29, 1.82) is 0 Å². The number of para-hydroxylation sites is 1. The van der Waals surface area contributed by atoms with Crippen molar-refractivity contribution in [2.24, 2.45) is 0 Å². The number of thiocarbonyl (C=S) groups is 1. The van der Waals surface area contributed by atoms with Gasteiger partial charge in [-0.1, -0.05) is 31.2 Å². The average molecular weight is 568 g/mol. The van der Waals surface area contributed by atoms with Crippen LogP contribution in [0.1, 0.15) is 53.6 Å². The lowest BCUT2D eigenvalue weighted by atomic mass is 9.96. The number of hydrogen-bond acceptors (Lipinski definition) is 5. The summed E-state index contributed by atoms with van der Waals surface area (Å²) < 4.78 is 13.4. The van der Waals surface area contributed by atoms with Gasteiger partial charge in [-0.2, -0.15) is 0 Å². The van der Waals surface area contributed by atoms with Crippen molar-refractivity contribution >= 4 is 28.9 Å². The Kier molecular flexibility index (Phi) is 7.36. The number of hydrogen-bond donors (Lipinski definition) is 2. The van der Waals surface area contributed by atoms with Crippen molar-refractivity contribution in [1.82, 2.24) is 19.8 Å². The normalized spacial score (nSPS) is 17.5. The van der Waals surface area contributed by atoms with Gasteiger partial charge in [0.25, 0.3) is 0 Å². The zero-order chi connectivity index (χ0) is 28.5. The third-order valence-corrected chi connectivity index (χ3v) is 8.21. The van der Waals surface area contributed by atoms with Crippen molar-refractivity contribution in [3.63, 3.8) is 0 Å². The van der Waals surface area contributed by atoms with Crippen LogP contribution in [0, 0.1) is 13.8 Å². The minimum absolute atomic E-state index is 0.0421. The number of ether oxygens (including phenoxy) is 2. The van der Waals surface area contributed by atoms with Crippen LogP contribution in [-0.4, -0.2) is 38.8 Å². The maximum absolute atomic E-state index is 13.1. The van der Waals surface area contributed by atoms with Crippen molar-refractivity contribution in [2.75, 3.05) is 18.7 Å². The Morgan fingerprint density at radius 1 is 1.07 bits per heavy atom. The number of carbonyl (C=O) groups excluding carboxylic acids is 1. The maximum atomic E-state index is 13.1. The number of nitrogens with zero attached hydrogens (tertiary/aromatic N) is 3. The lowest BCUT2D eigenvalue weighted by Crippen LogP contribution is -2.33. The molecule has 4 aromatic rings. The molecule has 4 heterocycles. The van der Waals surface area contributed by atoms with Crippen LogP contribution in [0.2, 0.25) is 0 Å². The molecule has 41 heavy (non-hydrogen) atoms. The number of carbonyl (C=O) groups is 1. The Labute approximate surface area is 245 Å². The lowest BCUT2D eigenvalue weighted by Gasteiger charge is -2.28. The van der Waals surface area contributed by atoms with Gasteiger partial charge < -0.3 is 29.6 Å². The molecule has 0 spiro atoms. The first-order chi connectivity index (χ1) is 19.9. The first-order valence-electron chi connectivity index (χ1n) is 13.9. The molecular weight excluding hydrogens is 534 g/mol. The van der Waals surface area contributed by atoms with E-state index in [9.17, 15) is 4.79 Å². The van der Waals surface area contributed by atoms with E-state index in [4.69, 9.17) is 21.7 Å². The number of anilines is 1. The monoisotopic (exact) mass is 567 g/mol. The lowest BCUT2D eigenvalue weighted by molar-refractivity contribution is -0.116. The first kappa shape index (κ1) is 26.8. The van der Waals surface area contributed by atoms with Gasteiger partial charge in [0.1, 0.15) is 0 Å². The summed E-state index contributed by atoms with van der Waals surface area (Å²) in [5.74, 6) is 1.45. The summed E-state index contributed by atoms with van der Waals surface area (Å²) >= 11 is 5.86. The number of aromatic nitrogens is 2. The fraction of sp³-hybridized carbons (Fsp3) is 0.281. The van der Waals surface area contributed by atoms with Crippen LogP contribution in [0.25, 0.3) is 5.69 Å². The molecule has 2 N–H and O–H groups in total. The number of amides is 1. The molecule has 1 fully saturated rings. The van der Waals surface area contributed by atoms with Crippen LogP contribution in [0.5, 0.6) is 11.5 Å². The van der Waals surface area contributed by atoms with Crippen LogP contribution < -0.4 is 20.1 Å². The molecule has 0 saturated carbocycles. The van der Waals surface area contributed by atoms with E-state index in [2.05, 4.69) is 51.9 Å². The highest BCUT2D eigenvalue weighted by Crippen LogP contribution is 2.42. The van der Waals surface area contributed by atoms with Crippen LogP contribution in [0.3, 0.4) is 0 Å². The predicted molar refractivity (Wildman–Crippen MR) is 163 cm³/mol. The topological polar surface area (TPSA) is 80.7 Å². The predicted octanol–water partition coefficient (Wildman–Crippen LogP) is 5.78. The fourth-order valence-corrected chi connectivity index (χ4v) is 6.21. The van der Waals surface area contributed by atoms with Gasteiger partial charge in [0.05, 0.1) is 17.8 Å². The molecule has 1 amide bonds. The van der Waals surface area contributed by atoms with Crippen LogP contribution >= 0.6 is 12.2 Å². The zero-order valence-electron chi connectivity index (χ0n) is 23.4. The van der Waals surface area contributed by atoms with Crippen molar-refractivity contribution < 1.29 is 14.3 Å². The molecule has 0 bridgehead atoms. The second-order valence-electron chi connectivity index (χ2n) is 10.3. The molecule has 0 unspecified atom stereocenters. The molecule has 2 aromatic heterocycles. The van der Waals surface area contributed by atoms with Crippen LogP contribution in [0.4, 0.5) is 5.69 Å². The average Bonchev–Trinajstić information content (AvgIpc) is 3.67. The number of rotatable bonds is 8. The second kappa shape index (κ2) is 11.2. The number of fused-ring (bicyclic) bond motifs is 1. The molecule has 2 aromatic carbocycles. The first-order valence-corrected chi connectivity index (χ1v) is 14.3. The summed E-state index contributed by atoms with van der Waals surface area (Å²) in [5.41, 5.74) is 7.17. The number of aryl methyl sites for hydroxylation is 2. The summed E-state index contributed by atoms with van der Waals surface area (Å²) in [4.78, 5) is 19.9. The zero-order valence-corrected chi connectivity index (χ0v) is 24.2. The highest BCUT2D eigenvalue weighted by Gasteiger charge is 2.41. The van der Waals surface area contributed by atoms with E-state index >= 15 is 0 Å². The molecule has 1 saturated heterocycles. The molecule has 2 aliphatic heterocycles. The minimum atomic E-state index is -0.168. The Hall–Kier alpha value is -4.37. The standard InChI is InChI=1S/C32H33N5O3S/c1-4-22-9-5-6-10-25(22)34-29(38)14-16-36-31(30(35-32(36)41)26-11-7-8-15-33-26)24-17-20(2)37(21(24)3)23-12-13-27-28(18-23)40-19-39-27/h5-13,15,17-18,30-31H,4,14,16,19H2,1-3H3,(H,34,38)(H,35,41)/t30-,31-/m1/s1. The van der Waals surface area contributed by atoms with Gasteiger partial charge in [-0.25, -0.2) is 0 Å². The summed E-state index contributed by atoms with van der Waals surface area (Å²) in [6, 6.07) is 21.7. The van der Waals surface area contributed by atoms with Gasteiger partial charge in [-0.3, -0.25) is 9.78 Å². The van der Waals surface area contributed by atoms with E-state index in [0.717, 1.165) is 57.5 Å². The van der Waals surface area contributed by atoms with Crippen LogP contribution in [-0.2, 0) is 11.2 Å². The molecule has 210 valence electrons. The van der Waals surface area contributed by atoms with Gasteiger partial charge in [0, 0.05) is 48.0 Å². The van der Waals surface area contributed by atoms with E-state index in [1.165, 1.54) is 0 Å². The molecular formula is C32H33N5O3S. The SMILES string of the molecule is CCc1ccccc1NC(=O)CCN1C(=S)N[C@H](c2ccccn2)[C@H]1c1cc(C)n(-c2ccc3c(c2)OCO3)c1C. The summed E-state index contributed by atoms with van der Waals surface area (Å²) in [6.45, 7) is 7.00. The molecule has 2 atom stereocenters. The number of nitrogens with one attached hydrogen (secondary N) is 2. The maximum Gasteiger partial charge on any atom is 0.231 e. The van der Waals surface area contributed by atoms with Gasteiger partial charge in [-0.05, 0) is 80.0 Å². The third-order valence-electron chi connectivity index (χ3n) is 7.85. The van der Waals surface area contributed by atoms with E-state index in [0.29, 0.717) is 18.1 Å². The van der Waals surface area contributed by atoms with Crippen molar-refractivity contribution in [2.45, 2.75) is 45.7 Å². The Balaban J connectivity index is 1.32. The summed E-state index contributed by atoms with van der Waals surface area (Å²) in [7, 11) is 0. The Morgan fingerprint density at radius 2 is 1.88 bits per heavy atom. The molecule has 0 radical (unpaired) electrons. The fourth-order valence-electron chi connectivity index (χ4n) is 5.88. The Bertz CT molecular complexity index is 1600. The molecule has 0 aliphatic carbocycles. The van der Waals surface area contributed by atoms with Gasteiger partial charge >= 0.3 is 0 Å². The minimum Gasteiger partial charge on any atom is -0.454 e. The summed E-state index contributed by atoms with van der Waals surface area (Å²) in [6.07, 6.45) is 2.95. The Morgan fingerprint density at radius 3 is 2.68 bits per heavy atom. The van der Waals surface area contributed by atoms with Crippen molar-refractivity contribution in [3.05, 3.63) is 101 Å². The highest BCUT2D eigenvalue weighted by atomic mass is 32.1. The van der Waals surface area contributed by atoms with Gasteiger partial charge in [-0.15, -0.1) is 0 Å². The smallest absolute Gasteiger partial charge is 0.231 e. The largest absolute Gasteiger partial charge is 0.454 e. The highest BCUT2D eigenvalue weighted by molar-refractivity contribution is 7.80. The van der Waals surface area contributed by atoms with E-state index in [1.54, 1.807) is 6.20 Å². The second-order valence-corrected chi connectivity index (χ2v) is 10.7. The summed E-state index contributed by atoms with van der Waals surface area (Å²) in [5, 5.41) is 7.22. The van der Waals surface area contributed by atoms with E-state index in [1.807, 2.05) is 60.7 Å². The van der Waals surface area contributed by atoms with Gasteiger partial charge in [0.15, 0.2) is 16.6 Å². The third kappa shape index (κ3) is 5.13.